The van der Waals surface area contributed by atoms with E-state index in [4.69, 9.17) is 4.74 Å². The lowest BCUT2D eigenvalue weighted by Gasteiger charge is -2.09. The van der Waals surface area contributed by atoms with Crippen molar-refractivity contribution >= 4 is 5.91 Å². The molecule has 0 spiro atoms. The topological polar surface area (TPSA) is 60.5 Å². The molecule has 1 aromatic carbocycles. The zero-order valence-corrected chi connectivity index (χ0v) is 14.7. The Morgan fingerprint density at radius 2 is 1.77 bits per heavy atom. The summed E-state index contributed by atoms with van der Waals surface area (Å²) in [5.41, 5.74) is 1.75. The Kier molecular flexibility index (Phi) is 7.32. The van der Waals surface area contributed by atoms with E-state index in [9.17, 15) is 13.6 Å². The summed E-state index contributed by atoms with van der Waals surface area (Å²) >= 11 is 0. The number of ether oxygens (including phenoxy) is 2. The number of benzene rings is 1. The molecule has 1 heterocycles. The average Bonchev–Trinajstić information content (AvgIpc) is 2.59. The van der Waals surface area contributed by atoms with Crippen LogP contribution in [-0.2, 0) is 17.8 Å². The van der Waals surface area contributed by atoms with Crippen LogP contribution in [0.2, 0.25) is 0 Å². The molecule has 0 fully saturated rings. The van der Waals surface area contributed by atoms with Crippen molar-refractivity contribution in [3.8, 4) is 11.6 Å². The molecule has 26 heavy (non-hydrogen) atoms. The minimum Gasteiger partial charge on any atom is -0.475 e. The molecule has 5 nitrogen and oxygen atoms in total. The van der Waals surface area contributed by atoms with E-state index in [0.717, 1.165) is 11.1 Å². The van der Waals surface area contributed by atoms with Crippen molar-refractivity contribution in [2.75, 3.05) is 0 Å². The SMILES string of the molecule is CC(C)Oc1ccc(CNC(=O)CCc2ccc(OC(F)F)cc2)cn1. The molecule has 0 atom stereocenters. The van der Waals surface area contributed by atoms with Crippen molar-refractivity contribution in [3.05, 3.63) is 53.7 Å². The van der Waals surface area contributed by atoms with Crippen molar-refractivity contribution in [1.29, 1.82) is 0 Å². The maximum absolute atomic E-state index is 12.1. The molecule has 1 N–H and O–H groups in total. The van der Waals surface area contributed by atoms with Crippen molar-refractivity contribution in [2.45, 2.75) is 45.9 Å². The predicted molar refractivity (Wildman–Crippen MR) is 93.2 cm³/mol. The summed E-state index contributed by atoms with van der Waals surface area (Å²) in [7, 11) is 0. The summed E-state index contributed by atoms with van der Waals surface area (Å²) < 4.78 is 33.9. The van der Waals surface area contributed by atoms with Crippen LogP contribution < -0.4 is 14.8 Å². The van der Waals surface area contributed by atoms with Gasteiger partial charge in [0.2, 0.25) is 11.8 Å². The van der Waals surface area contributed by atoms with E-state index in [2.05, 4.69) is 15.0 Å². The maximum Gasteiger partial charge on any atom is 0.387 e. The van der Waals surface area contributed by atoms with E-state index < -0.39 is 6.61 Å². The van der Waals surface area contributed by atoms with Gasteiger partial charge in [-0.3, -0.25) is 4.79 Å². The van der Waals surface area contributed by atoms with Crippen LogP contribution >= 0.6 is 0 Å². The molecule has 0 saturated carbocycles. The van der Waals surface area contributed by atoms with E-state index in [1.54, 1.807) is 24.4 Å². The highest BCUT2D eigenvalue weighted by Gasteiger charge is 2.06. The van der Waals surface area contributed by atoms with Crippen LogP contribution in [0.3, 0.4) is 0 Å². The first-order valence-corrected chi connectivity index (χ1v) is 8.34. The Labute approximate surface area is 151 Å². The van der Waals surface area contributed by atoms with E-state index in [1.165, 1.54) is 12.1 Å². The van der Waals surface area contributed by atoms with Crippen molar-refractivity contribution in [1.82, 2.24) is 10.3 Å². The van der Waals surface area contributed by atoms with Crippen LogP contribution in [0.1, 0.15) is 31.4 Å². The van der Waals surface area contributed by atoms with Gasteiger partial charge in [-0.15, -0.1) is 0 Å². The fourth-order valence-corrected chi connectivity index (χ4v) is 2.21. The number of carbonyl (C=O) groups excluding carboxylic acids is 1. The first-order valence-electron chi connectivity index (χ1n) is 8.34. The minimum absolute atomic E-state index is 0.0593. The predicted octanol–water partition coefficient (Wildman–Crippen LogP) is 3.72. The van der Waals surface area contributed by atoms with Gasteiger partial charge in [-0.2, -0.15) is 8.78 Å². The lowest BCUT2D eigenvalue weighted by molar-refractivity contribution is -0.121. The second-order valence-electron chi connectivity index (χ2n) is 5.97. The molecule has 1 amide bonds. The van der Waals surface area contributed by atoms with Gasteiger partial charge < -0.3 is 14.8 Å². The molecule has 0 bridgehead atoms. The number of pyridine rings is 1. The second kappa shape index (κ2) is 9.70. The fourth-order valence-electron chi connectivity index (χ4n) is 2.21. The van der Waals surface area contributed by atoms with Crippen LogP contribution in [0.5, 0.6) is 11.6 Å². The third-order valence-electron chi connectivity index (χ3n) is 3.43. The van der Waals surface area contributed by atoms with Crippen molar-refractivity contribution < 1.29 is 23.0 Å². The minimum atomic E-state index is -2.84. The number of rotatable bonds is 9. The number of nitrogens with one attached hydrogen (secondary N) is 1. The molecule has 2 aromatic rings. The summed E-state index contributed by atoms with van der Waals surface area (Å²) in [5.74, 6) is 0.556. The van der Waals surface area contributed by atoms with Gasteiger partial charge in [0, 0.05) is 25.2 Å². The first kappa shape index (κ1) is 19.6. The number of aromatic nitrogens is 1. The Hall–Kier alpha value is -2.70. The van der Waals surface area contributed by atoms with Crippen LogP contribution in [0.4, 0.5) is 8.78 Å². The highest BCUT2D eigenvalue weighted by Crippen LogP contribution is 2.16. The van der Waals surface area contributed by atoms with Crippen LogP contribution in [-0.4, -0.2) is 23.6 Å². The quantitative estimate of drug-likeness (QED) is 0.737. The Bertz CT molecular complexity index is 629. The number of carbonyl (C=O) groups is 1. The van der Waals surface area contributed by atoms with E-state index in [-0.39, 0.29) is 17.8 Å². The van der Waals surface area contributed by atoms with Gasteiger partial charge >= 0.3 is 6.61 Å². The molecule has 7 heteroatoms. The number of hydrogen-bond donors (Lipinski definition) is 1. The lowest BCUT2D eigenvalue weighted by Crippen LogP contribution is -2.23. The average molecular weight is 364 g/mol. The molecule has 0 aliphatic carbocycles. The van der Waals surface area contributed by atoms with Crippen molar-refractivity contribution in [2.24, 2.45) is 0 Å². The molecule has 2 rings (SSSR count). The molecule has 0 saturated heterocycles. The molecule has 140 valence electrons. The van der Waals surface area contributed by atoms with Gasteiger partial charge in [-0.05, 0) is 43.5 Å². The van der Waals surface area contributed by atoms with E-state index >= 15 is 0 Å². The normalized spacial score (nSPS) is 10.8. The Morgan fingerprint density at radius 3 is 2.35 bits per heavy atom. The molecule has 0 radical (unpaired) electrons. The summed E-state index contributed by atoms with van der Waals surface area (Å²) in [5, 5.41) is 2.82. The lowest BCUT2D eigenvalue weighted by atomic mass is 10.1. The highest BCUT2D eigenvalue weighted by atomic mass is 19.3. The number of alkyl halides is 2. The van der Waals surface area contributed by atoms with Gasteiger partial charge in [0.25, 0.3) is 0 Å². The number of nitrogens with zero attached hydrogens (tertiary/aromatic N) is 1. The van der Waals surface area contributed by atoms with E-state index in [1.807, 2.05) is 19.9 Å². The second-order valence-corrected chi connectivity index (χ2v) is 5.97. The number of amides is 1. The maximum atomic E-state index is 12.1. The van der Waals surface area contributed by atoms with Crippen molar-refractivity contribution in [3.63, 3.8) is 0 Å². The molecule has 0 aliphatic heterocycles. The third kappa shape index (κ3) is 7.04. The number of aryl methyl sites for hydroxylation is 1. The first-order chi connectivity index (χ1) is 12.4. The largest absolute Gasteiger partial charge is 0.475 e. The Morgan fingerprint density at radius 1 is 1.08 bits per heavy atom. The molecule has 0 unspecified atom stereocenters. The highest BCUT2D eigenvalue weighted by molar-refractivity contribution is 5.76. The van der Waals surface area contributed by atoms with Gasteiger partial charge in [0.1, 0.15) is 5.75 Å². The zero-order chi connectivity index (χ0) is 18.9. The molecule has 0 aliphatic rings. The van der Waals surface area contributed by atoms with Crippen LogP contribution in [0.25, 0.3) is 0 Å². The summed E-state index contributed by atoms with van der Waals surface area (Å²) in [6, 6.07) is 9.89. The summed E-state index contributed by atoms with van der Waals surface area (Å²) in [4.78, 5) is 16.1. The summed E-state index contributed by atoms with van der Waals surface area (Å²) in [6.45, 7) is 1.39. The third-order valence-corrected chi connectivity index (χ3v) is 3.43. The molecule has 1 aromatic heterocycles. The smallest absolute Gasteiger partial charge is 0.387 e. The molecular formula is C19H22F2N2O3. The van der Waals surface area contributed by atoms with Gasteiger partial charge in [-0.25, -0.2) is 4.98 Å². The number of hydrogen-bond acceptors (Lipinski definition) is 4. The fraction of sp³-hybridized carbons (Fsp3) is 0.368. The summed E-state index contributed by atoms with van der Waals surface area (Å²) in [6.07, 6.45) is 2.54. The monoisotopic (exact) mass is 364 g/mol. The number of halogens is 2. The van der Waals surface area contributed by atoms with Gasteiger partial charge in [0.05, 0.1) is 6.10 Å². The van der Waals surface area contributed by atoms with Gasteiger partial charge in [0.15, 0.2) is 0 Å². The van der Waals surface area contributed by atoms with E-state index in [0.29, 0.717) is 25.3 Å². The standard InChI is InChI=1S/C19H22F2N2O3/c1-13(2)25-18-10-6-15(12-23-18)11-22-17(24)9-5-14-3-7-16(8-4-14)26-19(20)21/h3-4,6-8,10,12-13,19H,5,9,11H2,1-2H3,(H,22,24). The van der Waals surface area contributed by atoms with Gasteiger partial charge in [-0.1, -0.05) is 18.2 Å². The van der Waals surface area contributed by atoms with Crippen LogP contribution in [0, 0.1) is 0 Å². The Balaban J connectivity index is 1.73. The molecular weight excluding hydrogens is 342 g/mol. The van der Waals surface area contributed by atoms with Crippen LogP contribution in [0.15, 0.2) is 42.6 Å². The zero-order valence-electron chi connectivity index (χ0n) is 14.7.